The topological polar surface area (TPSA) is 39.2 Å². The Morgan fingerprint density at radius 2 is 1.63 bits per heavy atom. The fourth-order valence-corrected chi connectivity index (χ4v) is 5.86. The molecular formula is C35H35NO2. The Balaban J connectivity index is 1.59. The van der Waals surface area contributed by atoms with E-state index in [0.717, 1.165) is 62.3 Å². The molecule has 0 bridgehead atoms. The molecule has 3 aromatic heterocycles. The molecule has 38 heavy (non-hydrogen) atoms. The standard InChI is InChI=1S/C35H35NO2/c1-20(2)16-23-12-13-29-27(17-23)32(22(4)37-29)34-21(3)31-30(38-34)14-15-36-33(31)25-18-24-10-8-9-11-26(24)28(19-25)35(5,6)7/h8-15,17-20H,16H2,1-7H3. The van der Waals surface area contributed by atoms with Crippen LogP contribution in [0.1, 0.15) is 57.1 Å². The lowest BCUT2D eigenvalue weighted by atomic mass is 9.82. The molecule has 192 valence electrons. The molecular weight excluding hydrogens is 466 g/mol. The first kappa shape index (κ1) is 24.5. The average Bonchev–Trinajstić information content (AvgIpc) is 3.37. The summed E-state index contributed by atoms with van der Waals surface area (Å²) in [5.74, 6) is 2.33. The van der Waals surface area contributed by atoms with E-state index in [1.54, 1.807) is 0 Å². The van der Waals surface area contributed by atoms with Crippen LogP contribution in [0, 0.1) is 19.8 Å². The summed E-state index contributed by atoms with van der Waals surface area (Å²) in [4.78, 5) is 4.91. The van der Waals surface area contributed by atoms with Crippen LogP contribution >= 0.6 is 0 Å². The van der Waals surface area contributed by atoms with E-state index >= 15 is 0 Å². The first-order chi connectivity index (χ1) is 18.1. The summed E-state index contributed by atoms with van der Waals surface area (Å²) in [6.45, 7) is 15.5. The maximum absolute atomic E-state index is 6.60. The van der Waals surface area contributed by atoms with Gasteiger partial charge in [-0.15, -0.1) is 0 Å². The zero-order valence-corrected chi connectivity index (χ0v) is 23.4. The van der Waals surface area contributed by atoms with Crippen LogP contribution in [-0.4, -0.2) is 4.98 Å². The molecule has 6 rings (SSSR count). The van der Waals surface area contributed by atoms with Crippen molar-refractivity contribution in [3.63, 3.8) is 0 Å². The van der Waals surface area contributed by atoms with Crippen molar-refractivity contribution >= 4 is 32.7 Å². The highest BCUT2D eigenvalue weighted by molar-refractivity contribution is 6.04. The average molecular weight is 502 g/mol. The van der Waals surface area contributed by atoms with E-state index in [0.29, 0.717) is 5.92 Å². The summed E-state index contributed by atoms with van der Waals surface area (Å²) >= 11 is 0. The molecule has 0 fully saturated rings. The van der Waals surface area contributed by atoms with Crippen molar-refractivity contribution in [3.05, 3.63) is 89.3 Å². The largest absolute Gasteiger partial charge is 0.461 e. The minimum Gasteiger partial charge on any atom is -0.461 e. The van der Waals surface area contributed by atoms with Gasteiger partial charge < -0.3 is 8.83 Å². The molecule has 0 atom stereocenters. The predicted octanol–water partition coefficient (Wildman–Crippen LogP) is 10.2. The van der Waals surface area contributed by atoms with Gasteiger partial charge >= 0.3 is 0 Å². The highest BCUT2D eigenvalue weighted by Crippen LogP contribution is 2.44. The van der Waals surface area contributed by atoms with Crippen molar-refractivity contribution in [3.8, 4) is 22.6 Å². The Bertz CT molecular complexity index is 1820. The van der Waals surface area contributed by atoms with Crippen LogP contribution in [0.4, 0.5) is 0 Å². The van der Waals surface area contributed by atoms with Gasteiger partial charge in [0.25, 0.3) is 0 Å². The molecule has 0 saturated carbocycles. The number of pyridine rings is 1. The van der Waals surface area contributed by atoms with Gasteiger partial charge in [-0.25, -0.2) is 0 Å². The number of fused-ring (bicyclic) bond motifs is 3. The maximum Gasteiger partial charge on any atom is 0.142 e. The Kier molecular flexibility index (Phi) is 5.72. The number of nitrogens with zero attached hydrogens (tertiary/aromatic N) is 1. The van der Waals surface area contributed by atoms with Crippen LogP contribution in [0.2, 0.25) is 0 Å². The van der Waals surface area contributed by atoms with E-state index in [9.17, 15) is 0 Å². The number of hydrogen-bond donors (Lipinski definition) is 0. The van der Waals surface area contributed by atoms with Crippen LogP contribution in [0.3, 0.4) is 0 Å². The normalized spacial score (nSPS) is 12.4. The minimum absolute atomic E-state index is 0.000620. The summed E-state index contributed by atoms with van der Waals surface area (Å²) in [7, 11) is 0. The van der Waals surface area contributed by atoms with Gasteiger partial charge in [0.05, 0.1) is 16.6 Å². The fourth-order valence-electron chi connectivity index (χ4n) is 5.86. The summed E-state index contributed by atoms with van der Waals surface area (Å²) in [6.07, 6.45) is 2.89. The van der Waals surface area contributed by atoms with E-state index in [4.69, 9.17) is 13.8 Å². The predicted molar refractivity (Wildman–Crippen MR) is 159 cm³/mol. The third-order valence-corrected chi connectivity index (χ3v) is 7.58. The number of rotatable bonds is 4. The van der Waals surface area contributed by atoms with E-state index in [1.807, 2.05) is 19.2 Å². The smallest absolute Gasteiger partial charge is 0.142 e. The minimum atomic E-state index is 0.000620. The summed E-state index contributed by atoms with van der Waals surface area (Å²) in [6, 6.07) is 21.7. The maximum atomic E-state index is 6.60. The van der Waals surface area contributed by atoms with Crippen LogP contribution < -0.4 is 0 Å². The Morgan fingerprint density at radius 1 is 0.842 bits per heavy atom. The lowest BCUT2D eigenvalue weighted by Crippen LogP contribution is -2.12. The van der Waals surface area contributed by atoms with Crippen molar-refractivity contribution < 1.29 is 8.83 Å². The lowest BCUT2D eigenvalue weighted by molar-refractivity contribution is 0.573. The molecule has 0 N–H and O–H groups in total. The fraction of sp³-hybridized carbons (Fsp3) is 0.286. The molecule has 3 heteroatoms. The molecule has 3 nitrogen and oxygen atoms in total. The first-order valence-electron chi connectivity index (χ1n) is 13.6. The Labute approximate surface area is 224 Å². The van der Waals surface area contributed by atoms with E-state index < -0.39 is 0 Å². The second-order valence-electron chi connectivity index (χ2n) is 12.0. The van der Waals surface area contributed by atoms with Crippen molar-refractivity contribution in [1.29, 1.82) is 0 Å². The van der Waals surface area contributed by atoms with Gasteiger partial charge in [-0.05, 0) is 83.8 Å². The monoisotopic (exact) mass is 501 g/mol. The number of benzene rings is 3. The molecule has 3 aromatic carbocycles. The van der Waals surface area contributed by atoms with Gasteiger partial charge in [-0.3, -0.25) is 4.98 Å². The van der Waals surface area contributed by atoms with Crippen LogP contribution in [-0.2, 0) is 11.8 Å². The van der Waals surface area contributed by atoms with Crippen molar-refractivity contribution in [2.45, 2.75) is 60.3 Å². The van der Waals surface area contributed by atoms with Gasteiger partial charge in [0.2, 0.25) is 0 Å². The molecule has 6 aromatic rings. The SMILES string of the molecule is Cc1oc2ccc(CC(C)C)cc2c1-c1oc2ccnc(-c3cc(C(C)(C)C)c4ccccc4c3)c2c1C. The van der Waals surface area contributed by atoms with Gasteiger partial charge in [-0.1, -0.05) is 65.0 Å². The third-order valence-electron chi connectivity index (χ3n) is 7.58. The Hall–Kier alpha value is -3.85. The highest BCUT2D eigenvalue weighted by Gasteiger charge is 2.24. The number of hydrogen-bond acceptors (Lipinski definition) is 3. The summed E-state index contributed by atoms with van der Waals surface area (Å²) in [5.41, 5.74) is 8.58. The molecule has 3 heterocycles. The van der Waals surface area contributed by atoms with Crippen molar-refractivity contribution in [2.75, 3.05) is 0 Å². The molecule has 0 aliphatic rings. The lowest BCUT2D eigenvalue weighted by Gasteiger charge is -2.22. The third kappa shape index (κ3) is 4.01. The van der Waals surface area contributed by atoms with Crippen LogP contribution in [0.15, 0.2) is 75.7 Å². The zero-order valence-electron chi connectivity index (χ0n) is 23.4. The zero-order chi connectivity index (χ0) is 26.8. The molecule has 0 spiro atoms. The molecule has 0 radical (unpaired) electrons. The number of aromatic nitrogens is 1. The number of furan rings is 2. The summed E-state index contributed by atoms with van der Waals surface area (Å²) < 4.78 is 12.8. The van der Waals surface area contributed by atoms with Gasteiger partial charge in [0.1, 0.15) is 22.7 Å². The molecule has 0 saturated heterocycles. The van der Waals surface area contributed by atoms with Gasteiger partial charge in [-0.2, -0.15) is 0 Å². The van der Waals surface area contributed by atoms with Gasteiger partial charge in [0, 0.05) is 22.7 Å². The van der Waals surface area contributed by atoms with Crippen molar-refractivity contribution in [2.24, 2.45) is 5.92 Å². The second kappa shape index (κ2) is 8.87. The van der Waals surface area contributed by atoms with Crippen LogP contribution in [0.5, 0.6) is 0 Å². The quantitative estimate of drug-likeness (QED) is 0.241. The number of aryl methyl sites for hydroxylation is 2. The van der Waals surface area contributed by atoms with E-state index in [1.165, 1.54) is 21.9 Å². The second-order valence-corrected chi connectivity index (χ2v) is 12.0. The molecule has 0 aliphatic carbocycles. The molecule has 0 aliphatic heterocycles. The van der Waals surface area contributed by atoms with E-state index in [2.05, 4.69) is 96.1 Å². The van der Waals surface area contributed by atoms with Crippen LogP contribution in [0.25, 0.3) is 55.3 Å². The molecule has 0 unspecified atom stereocenters. The van der Waals surface area contributed by atoms with E-state index in [-0.39, 0.29) is 5.41 Å². The van der Waals surface area contributed by atoms with Crippen molar-refractivity contribution in [1.82, 2.24) is 4.98 Å². The molecule has 0 amide bonds. The summed E-state index contributed by atoms with van der Waals surface area (Å²) in [5, 5.41) is 4.69. The Morgan fingerprint density at radius 3 is 2.39 bits per heavy atom. The highest BCUT2D eigenvalue weighted by atomic mass is 16.4. The first-order valence-corrected chi connectivity index (χ1v) is 13.6. The van der Waals surface area contributed by atoms with Gasteiger partial charge in [0.15, 0.2) is 0 Å².